The van der Waals surface area contributed by atoms with Crippen LogP contribution >= 0.6 is 11.3 Å². The Kier molecular flexibility index (Phi) is 6.77. The molecule has 0 bridgehead atoms. The first kappa shape index (κ1) is 19.0. The number of hydrogen-bond donors (Lipinski definition) is 1. The van der Waals surface area contributed by atoms with Gasteiger partial charge in [0.2, 0.25) is 5.91 Å². The monoisotopic (exact) mass is 373 g/mol. The number of morpholine rings is 1. The molecular weight excluding hydrogens is 346 g/mol. The highest BCUT2D eigenvalue weighted by molar-refractivity contribution is 7.13. The van der Waals surface area contributed by atoms with Crippen LogP contribution in [0, 0.1) is 5.92 Å². The predicted molar refractivity (Wildman–Crippen MR) is 105 cm³/mol. The van der Waals surface area contributed by atoms with Gasteiger partial charge in [-0.2, -0.15) is 0 Å². The van der Waals surface area contributed by atoms with Crippen LogP contribution in [-0.4, -0.2) is 54.7 Å². The quantitative estimate of drug-likeness (QED) is 0.811. The Bertz CT molecular complexity index is 696. The van der Waals surface area contributed by atoms with E-state index >= 15 is 0 Å². The van der Waals surface area contributed by atoms with Crippen LogP contribution in [0.4, 0.5) is 0 Å². The van der Waals surface area contributed by atoms with Crippen molar-refractivity contribution in [3.05, 3.63) is 41.4 Å². The third-order valence-corrected chi connectivity index (χ3v) is 5.65. The predicted octanol–water partition coefficient (Wildman–Crippen LogP) is 2.83. The van der Waals surface area contributed by atoms with E-state index in [0.717, 1.165) is 42.6 Å². The molecule has 2 heterocycles. The highest BCUT2D eigenvalue weighted by Crippen LogP contribution is 2.23. The molecule has 0 saturated carbocycles. The zero-order valence-electron chi connectivity index (χ0n) is 15.5. The zero-order chi connectivity index (χ0) is 18.4. The molecule has 0 spiro atoms. The lowest BCUT2D eigenvalue weighted by atomic mass is 10.0. The minimum absolute atomic E-state index is 0.0359. The zero-order valence-corrected chi connectivity index (χ0v) is 16.3. The molecular formula is C20H27N3O2S. The lowest BCUT2D eigenvalue weighted by Crippen LogP contribution is -2.51. The summed E-state index contributed by atoms with van der Waals surface area (Å²) in [4.78, 5) is 19.4. The first-order valence-electron chi connectivity index (χ1n) is 9.22. The van der Waals surface area contributed by atoms with Crippen LogP contribution in [0.15, 0.2) is 35.7 Å². The lowest BCUT2D eigenvalue weighted by molar-refractivity contribution is -0.120. The molecule has 1 saturated heterocycles. The van der Waals surface area contributed by atoms with E-state index in [9.17, 15) is 4.79 Å². The van der Waals surface area contributed by atoms with E-state index in [2.05, 4.69) is 29.0 Å². The minimum Gasteiger partial charge on any atom is -0.379 e. The Morgan fingerprint density at radius 2 is 2.00 bits per heavy atom. The second-order valence-electron chi connectivity index (χ2n) is 6.95. The number of nitrogens with zero attached hydrogens (tertiary/aromatic N) is 2. The lowest BCUT2D eigenvalue weighted by Gasteiger charge is -2.36. The molecule has 1 N–H and O–H groups in total. The molecule has 6 heteroatoms. The maximum Gasteiger partial charge on any atom is 0.226 e. The molecule has 2 aromatic rings. The maximum absolute atomic E-state index is 12.4. The number of nitrogens with one attached hydrogen (secondary N) is 1. The van der Waals surface area contributed by atoms with Gasteiger partial charge >= 0.3 is 0 Å². The summed E-state index contributed by atoms with van der Waals surface area (Å²) in [6.45, 7) is 8.51. The van der Waals surface area contributed by atoms with E-state index in [4.69, 9.17) is 4.74 Å². The average molecular weight is 374 g/mol. The summed E-state index contributed by atoms with van der Waals surface area (Å²) >= 11 is 1.58. The van der Waals surface area contributed by atoms with Gasteiger partial charge in [0.05, 0.1) is 25.3 Å². The van der Waals surface area contributed by atoms with Crippen molar-refractivity contribution in [1.82, 2.24) is 15.2 Å². The van der Waals surface area contributed by atoms with E-state index in [0.29, 0.717) is 24.9 Å². The van der Waals surface area contributed by atoms with Crippen molar-refractivity contribution in [3.63, 3.8) is 0 Å². The summed E-state index contributed by atoms with van der Waals surface area (Å²) in [5.41, 5.74) is 1.93. The van der Waals surface area contributed by atoms with Gasteiger partial charge in [0.25, 0.3) is 0 Å². The summed E-state index contributed by atoms with van der Waals surface area (Å²) in [5.74, 6) is 0.520. The van der Waals surface area contributed by atoms with E-state index in [1.54, 1.807) is 11.3 Å². The molecule has 1 aromatic heterocycles. The molecule has 1 aromatic carbocycles. The van der Waals surface area contributed by atoms with Crippen molar-refractivity contribution in [1.29, 1.82) is 0 Å². The molecule has 1 atom stereocenters. The molecule has 3 rings (SSSR count). The third kappa shape index (κ3) is 5.13. The number of benzene rings is 1. The van der Waals surface area contributed by atoms with Crippen molar-refractivity contribution in [3.8, 4) is 10.6 Å². The fourth-order valence-electron chi connectivity index (χ4n) is 3.24. The van der Waals surface area contributed by atoms with E-state index in [1.807, 2.05) is 35.7 Å². The summed E-state index contributed by atoms with van der Waals surface area (Å²) in [5, 5.41) is 6.04. The number of hydrogen-bond acceptors (Lipinski definition) is 5. The number of rotatable bonds is 7. The summed E-state index contributed by atoms with van der Waals surface area (Å²) < 4.78 is 5.44. The molecule has 0 radical (unpaired) electrons. The van der Waals surface area contributed by atoms with Crippen molar-refractivity contribution < 1.29 is 9.53 Å². The number of carbonyl (C=O) groups is 1. The van der Waals surface area contributed by atoms with Gasteiger partial charge in [0, 0.05) is 36.6 Å². The Morgan fingerprint density at radius 3 is 2.69 bits per heavy atom. The van der Waals surface area contributed by atoms with E-state index in [1.165, 1.54) is 0 Å². The van der Waals surface area contributed by atoms with Gasteiger partial charge in [-0.3, -0.25) is 9.69 Å². The largest absolute Gasteiger partial charge is 0.379 e. The van der Waals surface area contributed by atoms with Gasteiger partial charge < -0.3 is 10.1 Å². The molecule has 5 nitrogen and oxygen atoms in total. The highest BCUT2D eigenvalue weighted by Gasteiger charge is 2.24. The molecule has 1 unspecified atom stereocenters. The van der Waals surface area contributed by atoms with Crippen molar-refractivity contribution >= 4 is 17.2 Å². The fourth-order valence-corrected chi connectivity index (χ4v) is 4.07. The molecule has 1 aliphatic rings. The normalized spacial score (nSPS) is 16.6. The number of amides is 1. The van der Waals surface area contributed by atoms with Gasteiger partial charge in [0.1, 0.15) is 5.01 Å². The Balaban J connectivity index is 1.52. The molecule has 1 fully saturated rings. The first-order chi connectivity index (χ1) is 12.6. The summed E-state index contributed by atoms with van der Waals surface area (Å²) in [7, 11) is 0. The van der Waals surface area contributed by atoms with Crippen molar-refractivity contribution in [2.75, 3.05) is 32.8 Å². The number of ether oxygens (including phenoxy) is 1. The van der Waals surface area contributed by atoms with Crippen LogP contribution in [0.5, 0.6) is 0 Å². The number of carbonyl (C=O) groups excluding carboxylic acids is 1. The van der Waals surface area contributed by atoms with E-state index in [-0.39, 0.29) is 5.91 Å². The fraction of sp³-hybridized carbons (Fsp3) is 0.500. The topological polar surface area (TPSA) is 54.5 Å². The second kappa shape index (κ2) is 9.26. The van der Waals surface area contributed by atoms with Crippen LogP contribution in [0.25, 0.3) is 10.6 Å². The first-order valence-corrected chi connectivity index (χ1v) is 10.1. The highest BCUT2D eigenvalue weighted by atomic mass is 32.1. The maximum atomic E-state index is 12.4. The van der Waals surface area contributed by atoms with Crippen LogP contribution in [-0.2, 0) is 16.0 Å². The third-order valence-electron chi connectivity index (χ3n) is 4.71. The van der Waals surface area contributed by atoms with Crippen LogP contribution in [0.2, 0.25) is 0 Å². The molecule has 1 aliphatic heterocycles. The van der Waals surface area contributed by atoms with Gasteiger partial charge in [0.15, 0.2) is 0 Å². The van der Waals surface area contributed by atoms with Gasteiger partial charge in [-0.25, -0.2) is 4.98 Å². The number of thiazole rings is 1. The second-order valence-corrected chi connectivity index (χ2v) is 7.81. The molecule has 0 aliphatic carbocycles. The minimum atomic E-state index is 0.0359. The Labute approximate surface area is 159 Å². The van der Waals surface area contributed by atoms with Gasteiger partial charge in [-0.1, -0.05) is 44.2 Å². The molecule has 26 heavy (non-hydrogen) atoms. The van der Waals surface area contributed by atoms with Crippen LogP contribution < -0.4 is 5.32 Å². The average Bonchev–Trinajstić information content (AvgIpc) is 3.11. The van der Waals surface area contributed by atoms with Crippen molar-refractivity contribution in [2.45, 2.75) is 26.3 Å². The summed E-state index contributed by atoms with van der Waals surface area (Å²) in [6.07, 6.45) is 0.331. The van der Waals surface area contributed by atoms with Crippen molar-refractivity contribution in [2.24, 2.45) is 5.92 Å². The Morgan fingerprint density at radius 1 is 1.27 bits per heavy atom. The van der Waals surface area contributed by atoms with Gasteiger partial charge in [-0.15, -0.1) is 11.3 Å². The van der Waals surface area contributed by atoms with Crippen LogP contribution in [0.1, 0.15) is 19.5 Å². The van der Waals surface area contributed by atoms with Gasteiger partial charge in [-0.05, 0) is 5.92 Å². The standard InChI is InChI=1S/C20H27N3O2S/c1-15(2)18(23-8-10-25-11-9-23)13-21-19(24)12-17-14-26-20(22-17)16-6-4-3-5-7-16/h3-7,14-15,18H,8-13H2,1-2H3,(H,21,24). The molecule has 140 valence electrons. The summed E-state index contributed by atoms with van der Waals surface area (Å²) in [6, 6.07) is 10.4. The number of aromatic nitrogens is 1. The smallest absolute Gasteiger partial charge is 0.226 e. The Hall–Kier alpha value is -1.76. The molecule has 1 amide bonds. The SMILES string of the molecule is CC(C)C(CNC(=O)Cc1csc(-c2ccccc2)n1)N1CCOCC1. The van der Waals surface area contributed by atoms with Crippen LogP contribution in [0.3, 0.4) is 0 Å². The van der Waals surface area contributed by atoms with E-state index < -0.39 is 0 Å².